The summed E-state index contributed by atoms with van der Waals surface area (Å²) < 4.78 is 0. The highest BCUT2D eigenvalue weighted by atomic mass is 16.3. The van der Waals surface area contributed by atoms with Crippen LogP contribution in [0, 0.1) is 4.91 Å². The molecule has 1 unspecified atom stereocenters. The third-order valence-electron chi connectivity index (χ3n) is 1.81. The molecular weight excluding hydrogens is 188 g/mol. The van der Waals surface area contributed by atoms with Gasteiger partial charge in [-0.05, 0) is 6.42 Å². The van der Waals surface area contributed by atoms with Gasteiger partial charge >= 0.3 is 6.03 Å². The number of imide groups is 1. The molecule has 0 aromatic rings. The number of rotatable bonds is 3. The monoisotopic (exact) mass is 197 g/mol. The Kier molecular flexibility index (Phi) is 2.80. The molecule has 1 radical (unpaired) electrons. The Bertz CT molecular complexity index is 323. The first-order chi connectivity index (χ1) is 6.60. The lowest BCUT2D eigenvalue weighted by atomic mass is 10.0. The van der Waals surface area contributed by atoms with Gasteiger partial charge < -0.3 is 5.73 Å². The van der Waals surface area contributed by atoms with Gasteiger partial charge in [-0.1, -0.05) is 12.1 Å². The topological polar surface area (TPSA) is 116 Å². The standard InChI is InChI=1S/C7H9N4O3/c1-2-3(11-14)4-5(8)9-7(13)10-6(4)12/h3H,2,8H2,1H3,(H,9,13). The minimum atomic E-state index is -0.855. The van der Waals surface area contributed by atoms with Gasteiger partial charge in [0.1, 0.15) is 11.9 Å². The van der Waals surface area contributed by atoms with Crippen molar-refractivity contribution in [2.75, 3.05) is 0 Å². The molecule has 75 valence electrons. The molecule has 1 aliphatic heterocycles. The Morgan fingerprint density at radius 3 is 2.64 bits per heavy atom. The second-order valence-corrected chi connectivity index (χ2v) is 2.70. The number of urea groups is 1. The van der Waals surface area contributed by atoms with Crippen LogP contribution in [0.25, 0.3) is 0 Å². The summed E-state index contributed by atoms with van der Waals surface area (Å²) in [5.41, 5.74) is 5.34. The number of amides is 3. The van der Waals surface area contributed by atoms with E-state index in [4.69, 9.17) is 5.73 Å². The van der Waals surface area contributed by atoms with Gasteiger partial charge in [-0.3, -0.25) is 10.1 Å². The average Bonchev–Trinajstić information content (AvgIpc) is 2.10. The van der Waals surface area contributed by atoms with E-state index in [1.54, 1.807) is 6.92 Å². The Labute approximate surface area is 79.7 Å². The number of nitroso groups, excluding NO2 is 1. The zero-order valence-corrected chi connectivity index (χ0v) is 7.48. The van der Waals surface area contributed by atoms with Crippen molar-refractivity contribution in [3.63, 3.8) is 0 Å². The van der Waals surface area contributed by atoms with E-state index in [1.165, 1.54) is 0 Å². The van der Waals surface area contributed by atoms with Crippen molar-refractivity contribution < 1.29 is 9.59 Å². The quantitative estimate of drug-likeness (QED) is 0.596. The zero-order chi connectivity index (χ0) is 10.7. The summed E-state index contributed by atoms with van der Waals surface area (Å²) in [6, 6.07) is -1.68. The van der Waals surface area contributed by atoms with Crippen molar-refractivity contribution in [2.24, 2.45) is 10.9 Å². The summed E-state index contributed by atoms with van der Waals surface area (Å²) in [7, 11) is 0. The molecule has 7 heteroatoms. The molecule has 0 spiro atoms. The first-order valence-electron chi connectivity index (χ1n) is 3.99. The minimum absolute atomic E-state index is 0.0397. The number of nitrogens with two attached hydrogens (primary N) is 1. The molecule has 3 N–H and O–H groups in total. The van der Waals surface area contributed by atoms with Crippen molar-refractivity contribution >= 4 is 11.9 Å². The highest BCUT2D eigenvalue weighted by Crippen LogP contribution is 2.14. The molecule has 1 aliphatic rings. The maximum absolute atomic E-state index is 11.2. The van der Waals surface area contributed by atoms with Gasteiger partial charge in [0.05, 0.1) is 5.57 Å². The molecular formula is C7H9N4O3. The summed E-state index contributed by atoms with van der Waals surface area (Å²) in [6.07, 6.45) is 0.330. The van der Waals surface area contributed by atoms with Crippen molar-refractivity contribution in [1.29, 1.82) is 0 Å². The number of carbonyl (C=O) groups excluding carboxylic acids is 2. The molecule has 0 saturated carbocycles. The number of hydrogen-bond acceptors (Lipinski definition) is 5. The van der Waals surface area contributed by atoms with E-state index in [2.05, 4.69) is 15.8 Å². The maximum atomic E-state index is 11.2. The lowest BCUT2D eigenvalue weighted by Crippen LogP contribution is -2.45. The molecule has 0 aromatic heterocycles. The summed E-state index contributed by atoms with van der Waals surface area (Å²) in [5.74, 6) is -0.931. The van der Waals surface area contributed by atoms with E-state index < -0.39 is 18.0 Å². The van der Waals surface area contributed by atoms with Gasteiger partial charge in [0.15, 0.2) is 0 Å². The Morgan fingerprint density at radius 2 is 2.21 bits per heavy atom. The molecule has 1 atom stereocenters. The van der Waals surface area contributed by atoms with E-state index in [9.17, 15) is 14.5 Å². The van der Waals surface area contributed by atoms with Crippen molar-refractivity contribution in [2.45, 2.75) is 19.4 Å². The Morgan fingerprint density at radius 1 is 1.57 bits per heavy atom. The van der Waals surface area contributed by atoms with Gasteiger partial charge in [-0.15, -0.1) is 0 Å². The van der Waals surface area contributed by atoms with Crippen LogP contribution in [-0.4, -0.2) is 18.0 Å². The van der Waals surface area contributed by atoms with Gasteiger partial charge in [0.25, 0.3) is 5.91 Å². The van der Waals surface area contributed by atoms with Crippen molar-refractivity contribution in [3.8, 4) is 0 Å². The predicted octanol–water partition coefficient (Wildman–Crippen LogP) is -0.444. The van der Waals surface area contributed by atoms with Gasteiger partial charge in [0.2, 0.25) is 0 Å². The molecule has 0 saturated heterocycles. The summed E-state index contributed by atoms with van der Waals surface area (Å²) in [5, 5.41) is 7.98. The molecule has 3 amide bonds. The molecule has 0 aromatic carbocycles. The molecule has 14 heavy (non-hydrogen) atoms. The molecule has 1 heterocycles. The van der Waals surface area contributed by atoms with Crippen molar-refractivity contribution in [1.82, 2.24) is 10.6 Å². The highest BCUT2D eigenvalue weighted by molar-refractivity contribution is 6.07. The van der Waals surface area contributed by atoms with Crippen LogP contribution in [0.4, 0.5) is 4.79 Å². The average molecular weight is 197 g/mol. The minimum Gasteiger partial charge on any atom is -0.385 e. The Balaban J connectivity index is 3.04. The zero-order valence-electron chi connectivity index (χ0n) is 7.48. The van der Waals surface area contributed by atoms with E-state index in [1.807, 2.05) is 0 Å². The Hall–Kier alpha value is -1.92. The van der Waals surface area contributed by atoms with Gasteiger partial charge in [-0.2, -0.15) is 10.2 Å². The SMILES string of the molecule is CCC(N=O)C1=C(N)NC(=O)[N]C1=O. The summed E-state index contributed by atoms with van der Waals surface area (Å²) in [6.45, 7) is 1.68. The van der Waals surface area contributed by atoms with Crippen LogP contribution in [0.15, 0.2) is 16.6 Å². The lowest BCUT2D eigenvalue weighted by molar-refractivity contribution is -0.117. The second-order valence-electron chi connectivity index (χ2n) is 2.70. The van der Waals surface area contributed by atoms with Crippen LogP contribution >= 0.6 is 0 Å². The number of carbonyl (C=O) groups is 2. The number of hydrogen-bond donors (Lipinski definition) is 2. The smallest absolute Gasteiger partial charge is 0.349 e. The van der Waals surface area contributed by atoms with Crippen LogP contribution in [0.2, 0.25) is 0 Å². The van der Waals surface area contributed by atoms with E-state index in [0.29, 0.717) is 6.42 Å². The molecule has 0 aliphatic carbocycles. The second kappa shape index (κ2) is 3.86. The summed E-state index contributed by atoms with van der Waals surface area (Å²) >= 11 is 0. The van der Waals surface area contributed by atoms with Crippen LogP contribution in [0.3, 0.4) is 0 Å². The summed E-state index contributed by atoms with van der Waals surface area (Å²) in [4.78, 5) is 32.3. The third kappa shape index (κ3) is 1.70. The fraction of sp³-hybridized carbons (Fsp3) is 0.429. The number of nitrogens with zero attached hydrogens (tertiary/aromatic N) is 2. The van der Waals surface area contributed by atoms with Crippen LogP contribution in [0.5, 0.6) is 0 Å². The normalized spacial score (nSPS) is 18.6. The largest absolute Gasteiger partial charge is 0.385 e. The fourth-order valence-electron chi connectivity index (χ4n) is 1.13. The van der Waals surface area contributed by atoms with Crippen LogP contribution in [-0.2, 0) is 4.79 Å². The first kappa shape index (κ1) is 10.2. The van der Waals surface area contributed by atoms with E-state index >= 15 is 0 Å². The van der Waals surface area contributed by atoms with E-state index in [-0.39, 0.29) is 11.4 Å². The number of nitrogens with one attached hydrogen (secondary N) is 1. The predicted molar refractivity (Wildman–Crippen MR) is 46.8 cm³/mol. The molecule has 0 fully saturated rings. The third-order valence-corrected chi connectivity index (χ3v) is 1.81. The van der Waals surface area contributed by atoms with Crippen molar-refractivity contribution in [3.05, 3.63) is 16.3 Å². The molecule has 0 bridgehead atoms. The van der Waals surface area contributed by atoms with Gasteiger partial charge in [-0.25, -0.2) is 4.79 Å². The van der Waals surface area contributed by atoms with Gasteiger partial charge in [0, 0.05) is 0 Å². The van der Waals surface area contributed by atoms with E-state index in [0.717, 1.165) is 0 Å². The molecule has 1 rings (SSSR count). The highest BCUT2D eigenvalue weighted by Gasteiger charge is 2.31. The fourth-order valence-corrected chi connectivity index (χ4v) is 1.13. The van der Waals surface area contributed by atoms with Crippen LogP contribution in [0.1, 0.15) is 13.3 Å². The lowest BCUT2D eigenvalue weighted by Gasteiger charge is -2.18. The first-order valence-corrected chi connectivity index (χ1v) is 3.99. The maximum Gasteiger partial charge on any atom is 0.349 e. The van der Waals surface area contributed by atoms with Crippen LogP contribution < -0.4 is 16.4 Å². The molecule has 7 nitrogen and oxygen atoms in total.